The van der Waals surface area contributed by atoms with Gasteiger partial charge in [0.25, 0.3) is 0 Å². The first-order chi connectivity index (χ1) is 9.32. The van der Waals surface area contributed by atoms with Crippen molar-refractivity contribution in [1.29, 1.82) is 0 Å². The molecule has 0 spiro atoms. The van der Waals surface area contributed by atoms with Gasteiger partial charge in [-0.1, -0.05) is 0 Å². The van der Waals surface area contributed by atoms with Crippen molar-refractivity contribution < 1.29 is 17.9 Å². The second-order valence-corrected chi connectivity index (χ2v) is 7.85. The van der Waals surface area contributed by atoms with E-state index in [4.69, 9.17) is 4.74 Å². The Morgan fingerprint density at radius 1 is 1.25 bits per heavy atom. The van der Waals surface area contributed by atoms with E-state index in [9.17, 15) is 13.2 Å². The van der Waals surface area contributed by atoms with Crippen LogP contribution in [0.25, 0.3) is 0 Å². The van der Waals surface area contributed by atoms with E-state index in [1.54, 1.807) is 7.11 Å². The zero-order chi connectivity index (χ0) is 14.9. The van der Waals surface area contributed by atoms with Crippen LogP contribution in [0, 0.1) is 5.92 Å². The molecular weight excluding hydrogens is 280 g/mol. The lowest BCUT2D eigenvalue weighted by Gasteiger charge is -2.42. The molecule has 0 N–H and O–H groups in total. The Morgan fingerprint density at radius 2 is 1.80 bits per heavy atom. The molecule has 1 aliphatic carbocycles. The molecule has 1 amide bonds. The highest BCUT2D eigenvalue weighted by molar-refractivity contribution is 7.88. The van der Waals surface area contributed by atoms with Gasteiger partial charge in [-0.3, -0.25) is 4.79 Å². The molecule has 116 valence electrons. The molecule has 7 heteroatoms. The summed E-state index contributed by atoms with van der Waals surface area (Å²) in [5.41, 5.74) is 0. The molecule has 0 radical (unpaired) electrons. The van der Waals surface area contributed by atoms with Gasteiger partial charge in [0, 0.05) is 39.2 Å². The molecule has 0 aromatic heterocycles. The summed E-state index contributed by atoms with van der Waals surface area (Å²) >= 11 is 0. The molecule has 2 rings (SSSR count). The van der Waals surface area contributed by atoms with Crippen LogP contribution in [0.3, 0.4) is 0 Å². The van der Waals surface area contributed by atoms with Crippen molar-refractivity contribution in [3.8, 4) is 0 Å². The van der Waals surface area contributed by atoms with Gasteiger partial charge in [0.1, 0.15) is 0 Å². The minimum Gasteiger partial charge on any atom is -0.381 e. The Labute approximate surface area is 121 Å². The first kappa shape index (κ1) is 15.7. The third-order valence-corrected chi connectivity index (χ3v) is 5.87. The standard InChI is InChI=1S/C13H24N2O4S/c1-14(11-8-12(9-11)19-2)13(16)10-4-6-15(7-5-10)20(3,17)18/h10-12H,4-9H2,1-3H3. The van der Waals surface area contributed by atoms with Gasteiger partial charge in [0.15, 0.2) is 0 Å². The van der Waals surface area contributed by atoms with Crippen LogP contribution in [0.4, 0.5) is 0 Å². The summed E-state index contributed by atoms with van der Waals surface area (Å²) in [6.45, 7) is 0.906. The van der Waals surface area contributed by atoms with Crippen molar-refractivity contribution in [3.05, 3.63) is 0 Å². The number of nitrogens with zero attached hydrogens (tertiary/aromatic N) is 2. The van der Waals surface area contributed by atoms with Crippen LogP contribution in [0.2, 0.25) is 0 Å². The van der Waals surface area contributed by atoms with E-state index in [0.29, 0.717) is 25.9 Å². The Hall–Kier alpha value is -0.660. The lowest BCUT2D eigenvalue weighted by atomic mass is 9.86. The van der Waals surface area contributed by atoms with Crippen molar-refractivity contribution in [1.82, 2.24) is 9.21 Å². The first-order valence-corrected chi connectivity index (χ1v) is 8.92. The molecule has 1 saturated heterocycles. The average molecular weight is 304 g/mol. The van der Waals surface area contributed by atoms with E-state index in [1.165, 1.54) is 10.6 Å². The summed E-state index contributed by atoms with van der Waals surface area (Å²) in [4.78, 5) is 14.2. The predicted molar refractivity (Wildman–Crippen MR) is 75.7 cm³/mol. The van der Waals surface area contributed by atoms with Crippen LogP contribution in [-0.4, -0.2) is 69.2 Å². The second-order valence-electron chi connectivity index (χ2n) is 5.87. The van der Waals surface area contributed by atoms with Crippen molar-refractivity contribution >= 4 is 15.9 Å². The van der Waals surface area contributed by atoms with Gasteiger partial charge < -0.3 is 9.64 Å². The van der Waals surface area contributed by atoms with Crippen LogP contribution in [0.15, 0.2) is 0 Å². The van der Waals surface area contributed by atoms with Crippen molar-refractivity contribution in [2.24, 2.45) is 5.92 Å². The fourth-order valence-electron chi connectivity index (χ4n) is 2.95. The van der Waals surface area contributed by atoms with Gasteiger partial charge in [0.05, 0.1) is 12.4 Å². The van der Waals surface area contributed by atoms with Crippen LogP contribution < -0.4 is 0 Å². The van der Waals surface area contributed by atoms with E-state index in [-0.39, 0.29) is 24.0 Å². The largest absolute Gasteiger partial charge is 0.381 e. The quantitative estimate of drug-likeness (QED) is 0.749. The SMILES string of the molecule is COC1CC(N(C)C(=O)C2CCN(S(C)(=O)=O)CC2)C1. The number of amides is 1. The zero-order valence-corrected chi connectivity index (χ0v) is 13.2. The van der Waals surface area contributed by atoms with Gasteiger partial charge in [-0.05, 0) is 25.7 Å². The highest BCUT2D eigenvalue weighted by atomic mass is 32.2. The molecule has 1 saturated carbocycles. The van der Waals surface area contributed by atoms with Crippen LogP contribution in [0.1, 0.15) is 25.7 Å². The van der Waals surface area contributed by atoms with Crippen molar-refractivity contribution in [3.63, 3.8) is 0 Å². The number of carbonyl (C=O) groups excluding carboxylic acids is 1. The van der Waals surface area contributed by atoms with Gasteiger partial charge in [-0.2, -0.15) is 0 Å². The zero-order valence-electron chi connectivity index (χ0n) is 12.4. The highest BCUT2D eigenvalue weighted by Crippen LogP contribution is 2.29. The predicted octanol–water partition coefficient (Wildman–Crippen LogP) is 0.294. The molecule has 1 heterocycles. The molecule has 20 heavy (non-hydrogen) atoms. The van der Waals surface area contributed by atoms with Crippen molar-refractivity contribution in [2.45, 2.75) is 37.8 Å². The summed E-state index contributed by atoms with van der Waals surface area (Å²) in [5.74, 6) is 0.109. The summed E-state index contributed by atoms with van der Waals surface area (Å²) in [6.07, 6.45) is 4.55. The number of hydrogen-bond donors (Lipinski definition) is 0. The Kier molecular flexibility index (Phi) is 4.71. The molecule has 2 aliphatic rings. The minimum atomic E-state index is -3.12. The number of methoxy groups -OCH3 is 1. The highest BCUT2D eigenvalue weighted by Gasteiger charge is 2.37. The Balaban J connectivity index is 1.83. The van der Waals surface area contributed by atoms with Crippen LogP contribution >= 0.6 is 0 Å². The van der Waals surface area contributed by atoms with Gasteiger partial charge in [0.2, 0.25) is 15.9 Å². The van der Waals surface area contributed by atoms with E-state index < -0.39 is 10.0 Å². The van der Waals surface area contributed by atoms with Crippen LogP contribution in [0.5, 0.6) is 0 Å². The molecule has 0 aromatic carbocycles. The average Bonchev–Trinajstić information content (AvgIpc) is 2.35. The molecule has 1 aliphatic heterocycles. The molecule has 0 atom stereocenters. The molecule has 6 nitrogen and oxygen atoms in total. The lowest BCUT2D eigenvalue weighted by molar-refractivity contribution is -0.142. The number of ether oxygens (including phenoxy) is 1. The summed E-state index contributed by atoms with van der Waals surface area (Å²) in [6, 6.07) is 0.278. The third kappa shape index (κ3) is 3.32. The maximum Gasteiger partial charge on any atom is 0.225 e. The molecular formula is C13H24N2O4S. The number of rotatable bonds is 4. The van der Waals surface area contributed by atoms with Gasteiger partial charge in [-0.15, -0.1) is 0 Å². The summed E-state index contributed by atoms with van der Waals surface area (Å²) in [7, 11) is 0.423. The first-order valence-electron chi connectivity index (χ1n) is 7.07. The van der Waals surface area contributed by atoms with Gasteiger partial charge >= 0.3 is 0 Å². The van der Waals surface area contributed by atoms with E-state index in [1.807, 2.05) is 11.9 Å². The van der Waals surface area contributed by atoms with E-state index in [2.05, 4.69) is 0 Å². The Bertz CT molecular complexity index is 451. The summed E-state index contributed by atoms with van der Waals surface area (Å²) < 4.78 is 29.6. The number of sulfonamides is 1. The van der Waals surface area contributed by atoms with E-state index in [0.717, 1.165) is 12.8 Å². The topological polar surface area (TPSA) is 66.9 Å². The maximum absolute atomic E-state index is 12.4. The lowest BCUT2D eigenvalue weighted by Crippen LogP contribution is -2.51. The monoisotopic (exact) mass is 304 g/mol. The van der Waals surface area contributed by atoms with Crippen molar-refractivity contribution in [2.75, 3.05) is 33.5 Å². The fraction of sp³-hybridized carbons (Fsp3) is 0.923. The third-order valence-electron chi connectivity index (χ3n) is 4.57. The summed E-state index contributed by atoms with van der Waals surface area (Å²) in [5, 5.41) is 0. The molecule has 0 unspecified atom stereocenters. The number of hydrogen-bond acceptors (Lipinski definition) is 4. The minimum absolute atomic E-state index is 0.0420. The number of carbonyl (C=O) groups is 1. The normalized spacial score (nSPS) is 28.9. The van der Waals surface area contributed by atoms with Crippen LogP contribution in [-0.2, 0) is 19.6 Å². The fourth-order valence-corrected chi connectivity index (χ4v) is 3.82. The molecule has 2 fully saturated rings. The smallest absolute Gasteiger partial charge is 0.225 e. The van der Waals surface area contributed by atoms with E-state index >= 15 is 0 Å². The number of piperidine rings is 1. The molecule has 0 aromatic rings. The molecule has 0 bridgehead atoms. The maximum atomic E-state index is 12.4. The second kappa shape index (κ2) is 5.99. The Morgan fingerprint density at radius 3 is 2.25 bits per heavy atom. The van der Waals surface area contributed by atoms with Gasteiger partial charge in [-0.25, -0.2) is 12.7 Å².